The van der Waals surface area contributed by atoms with E-state index in [-0.39, 0.29) is 111 Å². The fourth-order valence-corrected chi connectivity index (χ4v) is 9.74. The lowest BCUT2D eigenvalue weighted by atomic mass is 9.92. The molecule has 0 radical (unpaired) electrons. The van der Waals surface area contributed by atoms with E-state index in [9.17, 15) is 43.2 Å². The van der Waals surface area contributed by atoms with Gasteiger partial charge in [-0.3, -0.25) is 59.0 Å². The SMILES string of the molecule is CC(S)CC(=O)OCC(COC(=O)CC(C)S)(COC(=O)CC(C)S)COC(=O)CC(C)S.CC(S)CC(=O)OCCCCOC(=O)CC(C)S.O=C(O)c1ccc[nH]c1=S.O=c1[nH]c(=O)[nH]c(=S)[nH]1.S=C1CCCCCN1.S=c1[nH]c(=S)[nH]c(=S)[nH]1.S=c1[nH]ncs1.S=c1cccc[nH]1.S=c1nc[nH][nH]1. The number of hydrogen-bond donors (Lipinski definition) is 19. The maximum Gasteiger partial charge on any atom is 0.338 e. The molecule has 6 atom stereocenters. The highest BCUT2D eigenvalue weighted by molar-refractivity contribution is 7.82. The molecule has 1 saturated heterocycles. The van der Waals surface area contributed by atoms with Gasteiger partial charge in [-0.25, -0.2) is 19.4 Å². The number of pyridine rings is 2. The first-order chi connectivity index (χ1) is 49.8. The number of aromatic carboxylic acids is 1. The molecule has 7 heterocycles. The van der Waals surface area contributed by atoms with Crippen molar-refractivity contribution in [1.82, 2.24) is 70.6 Å². The van der Waals surface area contributed by atoms with Crippen molar-refractivity contribution in [2.45, 2.75) is 150 Å². The molecule has 106 heavy (non-hydrogen) atoms. The highest BCUT2D eigenvalue weighted by Gasteiger charge is 2.38. The van der Waals surface area contributed by atoms with Gasteiger partial charge in [-0.1, -0.05) is 102 Å². The summed E-state index contributed by atoms with van der Waals surface area (Å²) in [5.74, 6) is -3.63. The quantitative estimate of drug-likeness (QED) is 0.00788. The van der Waals surface area contributed by atoms with Gasteiger partial charge in [0.05, 0.1) is 62.3 Å². The molecule has 6 aromatic rings. The van der Waals surface area contributed by atoms with Gasteiger partial charge >= 0.3 is 53.2 Å². The van der Waals surface area contributed by atoms with E-state index in [4.69, 9.17) is 107 Å². The van der Waals surface area contributed by atoms with E-state index in [1.54, 1.807) is 45.5 Å². The zero-order chi connectivity index (χ0) is 80.6. The summed E-state index contributed by atoms with van der Waals surface area (Å²) < 4.78 is 35.0. The lowest BCUT2D eigenvalue weighted by Gasteiger charge is -2.32. The van der Waals surface area contributed by atoms with Crippen LogP contribution in [-0.4, -0.2) is 195 Å². The van der Waals surface area contributed by atoms with Crippen molar-refractivity contribution in [2.24, 2.45) is 5.41 Å². The Bertz CT molecular complexity index is 3670. The Morgan fingerprint density at radius 3 is 1.21 bits per heavy atom. The summed E-state index contributed by atoms with van der Waals surface area (Å²) in [4.78, 5) is 126. The van der Waals surface area contributed by atoms with E-state index in [0.29, 0.717) is 58.0 Å². The molecule has 1 fully saturated rings. The van der Waals surface area contributed by atoms with Gasteiger partial charge in [0.25, 0.3) is 0 Å². The minimum absolute atomic E-state index is 0.0154. The number of aromatic amines is 11. The Balaban J connectivity index is 0. The molecule has 0 amide bonds. The van der Waals surface area contributed by atoms with Crippen molar-refractivity contribution in [3.63, 3.8) is 0 Å². The fraction of sp³-hybridized carbons (Fsp3) is 0.533. The number of carboxylic acid groups (broad SMARTS) is 1. The average molecular weight is 1780 g/mol. The van der Waals surface area contributed by atoms with E-state index in [1.165, 1.54) is 43.0 Å². The van der Waals surface area contributed by atoms with E-state index in [2.05, 4.69) is 178 Å². The van der Waals surface area contributed by atoms with Gasteiger partial charge in [-0.2, -0.15) is 80.9 Å². The molecule has 0 spiro atoms. The third-order valence-corrected chi connectivity index (χ3v) is 15.2. The number of rotatable bonds is 26. The molecule has 0 bridgehead atoms. The third-order valence-electron chi connectivity index (χ3n) is 11.3. The molecular weight excluding hydrogens is 1690 g/mol. The third kappa shape index (κ3) is 63.6. The number of thiocarbonyl (C=S) groups is 1. The topological polar surface area (TPSA) is 441 Å². The van der Waals surface area contributed by atoms with Gasteiger partial charge < -0.3 is 63.8 Å². The zero-order valence-corrected chi connectivity index (χ0v) is 71.9. The van der Waals surface area contributed by atoms with Gasteiger partial charge in [0.2, 0.25) is 4.77 Å². The summed E-state index contributed by atoms with van der Waals surface area (Å²) in [6.07, 6.45) is 12.1. The normalized spacial score (nSPS) is 13.1. The van der Waals surface area contributed by atoms with Crippen molar-refractivity contribution in [3.8, 4) is 0 Å². The number of ether oxygens (including phenoxy) is 6. The first kappa shape index (κ1) is 103. The number of nitrogens with one attached hydrogen (secondary N) is 12. The van der Waals surface area contributed by atoms with Crippen LogP contribution in [0.25, 0.3) is 0 Å². The predicted octanol–water partition coefficient (Wildman–Crippen LogP) is 12.6. The van der Waals surface area contributed by atoms with Crippen LogP contribution in [0.2, 0.25) is 0 Å². The van der Waals surface area contributed by atoms with E-state index < -0.39 is 46.6 Å². The monoisotopic (exact) mass is 1770 g/mol. The number of nitrogens with zero attached hydrogens (tertiary/aromatic N) is 2. The van der Waals surface area contributed by atoms with Crippen LogP contribution >= 0.6 is 197 Å². The standard InChI is InChI=1S/C21H36O8S4.C12H22O4S2.C6H5NO2S.C6H11NS.C5H5NS.C3H3N3O2S.C3H3N3S3.C2H3N3S.C2H2N2S2/c1-13(30)5-17(22)26-9-21(10-27-18(23)6-14(2)31,11-28-19(24)7-15(3)32)12-29-20(25)8-16(4)33;1-9(17)7-11(13)15-5-3-4-6-16-12(14)8-10(2)18;8-6(9)4-2-1-3-7-5(4)10;8-6-4-2-1-3-5-7-6;7-5-3-1-2-4-6-5;2*7-1-4-2(8)6-3(9)5-1;6-2-3-1-4-5-2;5-2-4-3-1-6-2/h13-16,30-33H,5-12H2,1-4H3;9-10,17-18H,3-8H2,1-2H3;1-3H,(H,7,10)(H,8,9);1-5H2,(H,7,8);1-4H,(H,6,7);2*(H3,4,5,6,7,8,9);1H,(H2,3,4,5,6);1H,(H,4,5). The number of H-pyrrole nitrogens is 11. The molecule has 6 aromatic heterocycles. The summed E-state index contributed by atoms with van der Waals surface area (Å²) >= 11 is 68.6. The van der Waals surface area contributed by atoms with Crippen molar-refractivity contribution in [1.29, 1.82) is 0 Å². The number of unbranched alkanes of at least 4 members (excludes halogenated alkanes) is 1. The Morgan fingerprint density at radius 1 is 0.528 bits per heavy atom. The molecular formula is C60H90N14O16S16. The fourth-order valence-electron chi connectivity index (χ4n) is 6.63. The summed E-state index contributed by atoms with van der Waals surface area (Å²) in [7, 11) is 0. The number of carboxylic acids is 1. The second kappa shape index (κ2) is 62.4. The Hall–Kier alpha value is -5.34. The van der Waals surface area contributed by atoms with Crippen LogP contribution in [0.4, 0.5) is 0 Å². The van der Waals surface area contributed by atoms with Crippen LogP contribution in [0.1, 0.15) is 129 Å². The molecule has 30 nitrogen and oxygen atoms in total. The second-order valence-corrected chi connectivity index (χ2v) is 32.2. The molecule has 7 rings (SSSR count). The highest BCUT2D eigenvalue weighted by atomic mass is 32.1. The van der Waals surface area contributed by atoms with E-state index in [1.807, 2.05) is 43.2 Å². The zero-order valence-electron chi connectivity index (χ0n) is 58.3. The minimum Gasteiger partial charge on any atom is -0.478 e. The van der Waals surface area contributed by atoms with Crippen LogP contribution in [0.15, 0.2) is 64.2 Å². The van der Waals surface area contributed by atoms with Crippen LogP contribution in [0.5, 0.6) is 0 Å². The summed E-state index contributed by atoms with van der Waals surface area (Å²) in [6, 6.07) is 8.70. The largest absolute Gasteiger partial charge is 0.478 e. The maximum absolute atomic E-state index is 12.1. The maximum atomic E-state index is 12.1. The van der Waals surface area contributed by atoms with Crippen molar-refractivity contribution in [2.75, 3.05) is 46.2 Å². The minimum atomic E-state index is -1.30. The number of aromatic nitrogens is 13. The number of esters is 6. The molecule has 46 heteroatoms. The molecule has 1 aliphatic heterocycles. The Labute approximate surface area is 694 Å². The number of thiol groups is 6. The Morgan fingerprint density at radius 2 is 0.934 bits per heavy atom. The lowest BCUT2D eigenvalue weighted by molar-refractivity contribution is -0.170. The van der Waals surface area contributed by atoms with Gasteiger partial charge in [0, 0.05) is 50.4 Å². The van der Waals surface area contributed by atoms with Crippen LogP contribution in [0, 0.1) is 42.5 Å². The first-order valence-corrected chi connectivity index (χ1v) is 39.2. The van der Waals surface area contributed by atoms with Crippen molar-refractivity contribution >= 4 is 244 Å². The predicted molar refractivity (Wildman–Crippen MR) is 451 cm³/mol. The van der Waals surface area contributed by atoms with Crippen LogP contribution in [0.3, 0.4) is 0 Å². The molecule has 0 aromatic carbocycles. The van der Waals surface area contributed by atoms with Crippen molar-refractivity contribution < 1.29 is 67.1 Å². The summed E-state index contributed by atoms with van der Waals surface area (Å²) in [6.45, 7) is 11.2. The van der Waals surface area contributed by atoms with Crippen LogP contribution < -0.4 is 16.7 Å². The van der Waals surface area contributed by atoms with Gasteiger partial charge in [0.15, 0.2) is 23.0 Å². The average Bonchev–Trinajstić information content (AvgIpc) is 0.944. The Kier molecular flexibility index (Phi) is 60.5. The molecule has 0 saturated carbocycles. The van der Waals surface area contributed by atoms with E-state index in [0.717, 1.165) is 26.5 Å². The second-order valence-electron chi connectivity index (χ2n) is 22.0. The molecule has 592 valence electrons. The summed E-state index contributed by atoms with van der Waals surface area (Å²) in [5.41, 5.74) is -0.678. The number of carbonyl (C=O) groups is 7. The first-order valence-electron chi connectivity index (χ1n) is 31.6. The van der Waals surface area contributed by atoms with Crippen LogP contribution in [-0.2, 0) is 57.2 Å². The van der Waals surface area contributed by atoms with Crippen molar-refractivity contribution in [3.05, 3.63) is 118 Å². The lowest BCUT2D eigenvalue weighted by Crippen LogP contribution is -2.44. The molecule has 13 N–H and O–H groups in total. The molecule has 6 unspecified atom stereocenters. The van der Waals surface area contributed by atoms with E-state index >= 15 is 0 Å². The number of hydrogen-bond acceptors (Lipinski definition) is 33. The summed E-state index contributed by atoms with van der Waals surface area (Å²) in [5, 5.41) is 22.1. The molecule has 0 aliphatic carbocycles. The highest BCUT2D eigenvalue weighted by Crippen LogP contribution is 2.24. The van der Waals surface area contributed by atoms with Gasteiger partial charge in [0.1, 0.15) is 53.0 Å². The van der Waals surface area contributed by atoms with Gasteiger partial charge in [-0.15, -0.1) is 0 Å². The smallest absolute Gasteiger partial charge is 0.338 e. The number of carbonyl (C=O) groups excluding carboxylic acids is 6. The van der Waals surface area contributed by atoms with Gasteiger partial charge in [-0.05, 0) is 130 Å². The molecule has 1 aliphatic rings.